The Labute approximate surface area is 121 Å². The zero-order valence-electron chi connectivity index (χ0n) is 11.5. The van der Waals surface area contributed by atoms with Crippen LogP contribution >= 0.6 is 0 Å². The molecule has 0 fully saturated rings. The van der Waals surface area contributed by atoms with Crippen molar-refractivity contribution in [3.63, 3.8) is 0 Å². The summed E-state index contributed by atoms with van der Waals surface area (Å²) in [6.45, 7) is 2.06. The lowest BCUT2D eigenvalue weighted by molar-refractivity contribution is 0.546. The van der Waals surface area contributed by atoms with Crippen LogP contribution < -0.4 is 11.1 Å². The molecule has 6 heteroatoms. The van der Waals surface area contributed by atoms with Crippen molar-refractivity contribution in [2.24, 2.45) is 10.7 Å². The van der Waals surface area contributed by atoms with Gasteiger partial charge in [-0.05, 0) is 24.6 Å². The van der Waals surface area contributed by atoms with Crippen molar-refractivity contribution in [1.82, 2.24) is 14.8 Å². The molecule has 0 aliphatic carbocycles. The number of hydrogen-bond donors (Lipinski definition) is 2. The Morgan fingerprint density at radius 1 is 1.19 bits per heavy atom. The van der Waals surface area contributed by atoms with Crippen molar-refractivity contribution in [2.75, 3.05) is 5.32 Å². The second-order valence-corrected chi connectivity index (χ2v) is 5.09. The van der Waals surface area contributed by atoms with Gasteiger partial charge in [0.05, 0.1) is 5.39 Å². The summed E-state index contributed by atoms with van der Waals surface area (Å²) in [4.78, 5) is 8.76. The van der Waals surface area contributed by atoms with Gasteiger partial charge >= 0.3 is 0 Å². The van der Waals surface area contributed by atoms with Crippen LogP contribution in [0, 0.1) is 6.92 Å². The van der Waals surface area contributed by atoms with Crippen molar-refractivity contribution < 1.29 is 0 Å². The summed E-state index contributed by atoms with van der Waals surface area (Å²) in [5, 5.41) is 8.57. The summed E-state index contributed by atoms with van der Waals surface area (Å²) in [6, 6.07) is 12.1. The molecule has 0 spiro atoms. The number of aliphatic imine (C=N–C) groups is 1. The largest absolute Gasteiger partial charge is 0.370 e. The van der Waals surface area contributed by atoms with Gasteiger partial charge < -0.3 is 11.1 Å². The molecule has 0 unspecified atom stereocenters. The molecule has 0 radical (unpaired) electrons. The molecule has 6 nitrogen and oxygen atoms in total. The first-order valence-electron chi connectivity index (χ1n) is 6.72. The van der Waals surface area contributed by atoms with E-state index < -0.39 is 0 Å². The zero-order chi connectivity index (χ0) is 14.4. The number of rotatable bonds is 1. The van der Waals surface area contributed by atoms with Crippen LogP contribution in [0.25, 0.3) is 11.0 Å². The average Bonchev–Trinajstić information content (AvgIpc) is 2.86. The van der Waals surface area contributed by atoms with Crippen LogP contribution in [0.2, 0.25) is 0 Å². The van der Waals surface area contributed by atoms with Gasteiger partial charge in [-0.3, -0.25) is 0 Å². The summed E-state index contributed by atoms with van der Waals surface area (Å²) in [6.07, 6.45) is 1.46. The maximum absolute atomic E-state index is 5.93. The van der Waals surface area contributed by atoms with Crippen LogP contribution in [-0.2, 0) is 0 Å². The minimum atomic E-state index is -0.268. The molecule has 104 valence electrons. The number of anilines is 1. The van der Waals surface area contributed by atoms with Gasteiger partial charge in [-0.2, -0.15) is 0 Å². The van der Waals surface area contributed by atoms with Gasteiger partial charge in [0.25, 0.3) is 0 Å². The Morgan fingerprint density at radius 2 is 2.00 bits per heavy atom. The van der Waals surface area contributed by atoms with Crippen molar-refractivity contribution in [3.05, 3.63) is 53.7 Å². The fourth-order valence-corrected chi connectivity index (χ4v) is 2.53. The Morgan fingerprint density at radius 3 is 2.81 bits per heavy atom. The van der Waals surface area contributed by atoms with E-state index in [2.05, 4.69) is 39.4 Å². The number of guanidine groups is 1. The summed E-state index contributed by atoms with van der Waals surface area (Å²) < 4.78 is 1.83. The molecule has 21 heavy (non-hydrogen) atoms. The molecule has 0 saturated carbocycles. The van der Waals surface area contributed by atoms with Crippen LogP contribution in [0.3, 0.4) is 0 Å². The van der Waals surface area contributed by atoms with E-state index >= 15 is 0 Å². The van der Waals surface area contributed by atoms with E-state index in [4.69, 9.17) is 5.73 Å². The normalized spacial score (nSPS) is 17.2. The summed E-state index contributed by atoms with van der Waals surface area (Å²) >= 11 is 0. The lowest BCUT2D eigenvalue weighted by atomic mass is 10.1. The number of benzene rings is 1. The maximum atomic E-state index is 5.93. The van der Waals surface area contributed by atoms with E-state index in [0.29, 0.717) is 11.6 Å². The number of nitrogens with one attached hydrogen (secondary N) is 1. The van der Waals surface area contributed by atoms with Gasteiger partial charge in [-0.25, -0.2) is 14.7 Å². The van der Waals surface area contributed by atoms with Gasteiger partial charge in [0.15, 0.2) is 17.8 Å². The standard InChI is InChI=1S/C15H14N6/c1-9-4-6-10(7-5-9)13-18-15(16)19-14-11-3-2-8-17-12(11)20-21(13)14/h2-8,13H,1H3,(H3,16,18,19)/t13-/m1/s1. The van der Waals surface area contributed by atoms with Crippen LogP contribution in [-0.4, -0.2) is 20.7 Å². The predicted octanol–water partition coefficient (Wildman–Crippen LogP) is 2.03. The monoisotopic (exact) mass is 278 g/mol. The number of hydrogen-bond acceptors (Lipinski definition) is 5. The number of fused-ring (bicyclic) bond motifs is 3. The first-order valence-corrected chi connectivity index (χ1v) is 6.72. The first-order chi connectivity index (χ1) is 10.2. The highest BCUT2D eigenvalue weighted by atomic mass is 15.4. The highest BCUT2D eigenvalue weighted by molar-refractivity contribution is 6.00. The van der Waals surface area contributed by atoms with Crippen LogP contribution in [0.5, 0.6) is 0 Å². The molecule has 1 atom stereocenters. The van der Waals surface area contributed by atoms with E-state index in [-0.39, 0.29) is 6.17 Å². The van der Waals surface area contributed by atoms with Gasteiger partial charge in [0.1, 0.15) is 5.82 Å². The molecule has 4 rings (SSSR count). The predicted molar refractivity (Wildman–Crippen MR) is 82.1 cm³/mol. The fraction of sp³-hybridized carbons (Fsp3) is 0.133. The molecule has 2 aromatic heterocycles. The average molecular weight is 278 g/mol. The van der Waals surface area contributed by atoms with Crippen LogP contribution in [0.1, 0.15) is 17.3 Å². The molecular formula is C15H14N6. The van der Waals surface area contributed by atoms with E-state index in [1.165, 1.54) is 5.56 Å². The van der Waals surface area contributed by atoms with Crippen molar-refractivity contribution in [1.29, 1.82) is 0 Å². The third kappa shape index (κ3) is 1.84. The third-order valence-corrected chi connectivity index (χ3v) is 3.59. The lowest BCUT2D eigenvalue weighted by Gasteiger charge is -2.22. The van der Waals surface area contributed by atoms with Gasteiger partial charge in [0, 0.05) is 6.20 Å². The Kier molecular flexibility index (Phi) is 2.44. The number of pyridine rings is 1. The second kappa shape index (κ2) is 4.31. The third-order valence-electron chi connectivity index (χ3n) is 3.59. The molecular weight excluding hydrogens is 264 g/mol. The molecule has 3 heterocycles. The fourth-order valence-electron chi connectivity index (χ4n) is 2.53. The summed E-state index contributed by atoms with van der Waals surface area (Å²) in [7, 11) is 0. The highest BCUT2D eigenvalue weighted by Gasteiger charge is 2.25. The highest BCUT2D eigenvalue weighted by Crippen LogP contribution is 2.31. The number of aromatic nitrogens is 3. The van der Waals surface area contributed by atoms with Crippen LogP contribution in [0.4, 0.5) is 5.82 Å². The Bertz CT molecular complexity index is 846. The molecule has 3 N–H and O–H groups in total. The van der Waals surface area contributed by atoms with Crippen molar-refractivity contribution >= 4 is 22.8 Å². The van der Waals surface area contributed by atoms with Gasteiger partial charge in [-0.1, -0.05) is 29.8 Å². The summed E-state index contributed by atoms with van der Waals surface area (Å²) in [5.74, 6) is 1.22. The number of aryl methyl sites for hydroxylation is 1. The topological polar surface area (TPSA) is 81.1 Å². The molecule has 1 aromatic carbocycles. The van der Waals surface area contributed by atoms with E-state index in [0.717, 1.165) is 16.8 Å². The number of nitrogens with zero attached hydrogens (tertiary/aromatic N) is 4. The first kappa shape index (κ1) is 11.9. The minimum absolute atomic E-state index is 0.268. The number of nitrogens with two attached hydrogens (primary N) is 1. The molecule has 1 aliphatic heterocycles. The Balaban J connectivity index is 1.92. The van der Waals surface area contributed by atoms with Gasteiger partial charge in [0.2, 0.25) is 0 Å². The smallest absolute Gasteiger partial charge is 0.196 e. The van der Waals surface area contributed by atoms with E-state index in [1.807, 2.05) is 28.9 Å². The van der Waals surface area contributed by atoms with E-state index in [1.54, 1.807) is 6.20 Å². The Hall–Kier alpha value is -2.89. The van der Waals surface area contributed by atoms with Gasteiger partial charge in [-0.15, -0.1) is 5.10 Å². The second-order valence-electron chi connectivity index (χ2n) is 5.09. The summed E-state index contributed by atoms with van der Waals surface area (Å²) in [5.41, 5.74) is 8.86. The van der Waals surface area contributed by atoms with Crippen molar-refractivity contribution in [2.45, 2.75) is 13.1 Å². The quantitative estimate of drug-likeness (QED) is 0.713. The molecule has 3 aromatic rings. The zero-order valence-corrected chi connectivity index (χ0v) is 11.5. The lowest BCUT2D eigenvalue weighted by Crippen LogP contribution is -2.31. The van der Waals surface area contributed by atoms with Crippen molar-refractivity contribution in [3.8, 4) is 0 Å². The maximum Gasteiger partial charge on any atom is 0.196 e. The SMILES string of the molecule is Cc1ccc([C@@H]2N=C(N)Nc3c4cccnc4nn32)cc1. The molecule has 0 bridgehead atoms. The van der Waals surface area contributed by atoms with Crippen LogP contribution in [0.15, 0.2) is 47.6 Å². The molecule has 0 saturated heterocycles. The minimum Gasteiger partial charge on any atom is -0.370 e. The molecule has 0 amide bonds. The molecule has 1 aliphatic rings. The van der Waals surface area contributed by atoms with E-state index in [9.17, 15) is 0 Å².